The molecule has 0 saturated carbocycles. The van der Waals surface area contributed by atoms with Crippen molar-refractivity contribution in [2.24, 2.45) is 5.41 Å². The largest absolute Gasteiger partial charge is 0.508 e. The predicted octanol–water partition coefficient (Wildman–Crippen LogP) is 5.49. The van der Waals surface area contributed by atoms with Gasteiger partial charge in [-0.05, 0) is 83.3 Å². The number of hydrogen-bond acceptors (Lipinski definition) is 3. The van der Waals surface area contributed by atoms with Gasteiger partial charge >= 0.3 is 0 Å². The molecule has 0 amide bonds. The number of nitrogens with zero attached hydrogens (tertiary/aromatic N) is 1. The standard InChI is InChI=1S/C29H30N2O/c32-25-13-14-27-23(17-25)7-4-8-26(21-5-2-1-3-6-21)28(27)22-9-11-24(12-10-22)31-16-15-29(20-31)18-30-19-29/h1-3,5-6,9-14,17,30,32H,4,7-8,15-16,18-20H2. The van der Waals surface area contributed by atoms with Gasteiger partial charge in [-0.1, -0.05) is 48.5 Å². The van der Waals surface area contributed by atoms with E-state index in [0.717, 1.165) is 25.8 Å². The molecule has 162 valence electrons. The van der Waals surface area contributed by atoms with E-state index in [1.807, 2.05) is 12.1 Å². The van der Waals surface area contributed by atoms with Crippen LogP contribution in [-0.2, 0) is 6.42 Å². The topological polar surface area (TPSA) is 35.5 Å². The summed E-state index contributed by atoms with van der Waals surface area (Å²) in [6, 6.07) is 25.9. The molecule has 1 aliphatic carbocycles. The smallest absolute Gasteiger partial charge is 0.115 e. The van der Waals surface area contributed by atoms with E-state index in [9.17, 15) is 5.11 Å². The second-order valence-electron chi connectivity index (χ2n) is 9.74. The van der Waals surface area contributed by atoms with Gasteiger partial charge < -0.3 is 15.3 Å². The molecule has 2 N–H and O–H groups in total. The molecule has 0 atom stereocenters. The van der Waals surface area contributed by atoms with E-state index in [1.54, 1.807) is 0 Å². The third kappa shape index (κ3) is 3.41. The molecule has 2 saturated heterocycles. The first kappa shape index (κ1) is 19.6. The first-order chi connectivity index (χ1) is 15.7. The molecule has 3 aromatic carbocycles. The van der Waals surface area contributed by atoms with Crippen molar-refractivity contribution in [1.29, 1.82) is 0 Å². The Labute approximate surface area is 190 Å². The van der Waals surface area contributed by atoms with E-state index < -0.39 is 0 Å². The van der Waals surface area contributed by atoms with E-state index >= 15 is 0 Å². The molecule has 3 nitrogen and oxygen atoms in total. The average Bonchev–Trinajstić information content (AvgIpc) is 3.19. The SMILES string of the molecule is Oc1ccc2c(c1)CCCC(c1ccccc1)=C2c1ccc(N2CCC3(CNC3)C2)cc1. The highest BCUT2D eigenvalue weighted by Gasteiger charge is 2.42. The summed E-state index contributed by atoms with van der Waals surface area (Å²) in [7, 11) is 0. The van der Waals surface area contributed by atoms with Gasteiger partial charge in [0.1, 0.15) is 5.75 Å². The quantitative estimate of drug-likeness (QED) is 0.586. The van der Waals surface area contributed by atoms with Crippen molar-refractivity contribution < 1.29 is 5.11 Å². The van der Waals surface area contributed by atoms with Crippen molar-refractivity contribution in [2.75, 3.05) is 31.1 Å². The first-order valence-electron chi connectivity index (χ1n) is 11.9. The molecule has 32 heavy (non-hydrogen) atoms. The molecule has 0 bridgehead atoms. The Balaban J connectivity index is 1.42. The monoisotopic (exact) mass is 422 g/mol. The van der Waals surface area contributed by atoms with Crippen molar-refractivity contribution in [3.8, 4) is 5.75 Å². The van der Waals surface area contributed by atoms with E-state index in [4.69, 9.17) is 0 Å². The number of aromatic hydroxyl groups is 1. The van der Waals surface area contributed by atoms with Gasteiger partial charge in [0.05, 0.1) is 0 Å². The summed E-state index contributed by atoms with van der Waals surface area (Å²) < 4.78 is 0. The molecule has 2 heterocycles. The van der Waals surface area contributed by atoms with Gasteiger partial charge in [0.25, 0.3) is 0 Å². The highest BCUT2D eigenvalue weighted by molar-refractivity contribution is 6.00. The van der Waals surface area contributed by atoms with Gasteiger partial charge in [0, 0.05) is 37.3 Å². The maximum Gasteiger partial charge on any atom is 0.115 e. The highest BCUT2D eigenvalue weighted by atomic mass is 16.3. The molecule has 0 unspecified atom stereocenters. The molecule has 3 aromatic rings. The van der Waals surface area contributed by atoms with E-state index in [0.29, 0.717) is 11.2 Å². The van der Waals surface area contributed by atoms with Gasteiger partial charge in [-0.15, -0.1) is 0 Å². The number of phenols is 1. The van der Waals surface area contributed by atoms with E-state index in [1.165, 1.54) is 65.1 Å². The van der Waals surface area contributed by atoms with E-state index in [-0.39, 0.29) is 0 Å². The van der Waals surface area contributed by atoms with Gasteiger partial charge in [-0.3, -0.25) is 0 Å². The minimum atomic E-state index is 0.357. The number of benzene rings is 3. The molecule has 0 radical (unpaired) electrons. The van der Waals surface area contributed by atoms with Crippen LogP contribution in [0, 0.1) is 5.41 Å². The van der Waals surface area contributed by atoms with Crippen LogP contribution in [0.1, 0.15) is 41.5 Å². The average molecular weight is 423 g/mol. The fourth-order valence-electron chi connectivity index (χ4n) is 5.79. The van der Waals surface area contributed by atoms with Crippen LogP contribution in [0.4, 0.5) is 5.69 Å². The van der Waals surface area contributed by atoms with Gasteiger partial charge in [0.15, 0.2) is 0 Å². The van der Waals surface area contributed by atoms with Gasteiger partial charge in [0.2, 0.25) is 0 Å². The number of anilines is 1. The Hall–Kier alpha value is -3.04. The molecule has 0 aromatic heterocycles. The number of phenolic OH excluding ortho intramolecular Hbond substituents is 1. The van der Waals surface area contributed by atoms with E-state index in [2.05, 4.69) is 70.9 Å². The number of aryl methyl sites for hydroxylation is 1. The summed E-state index contributed by atoms with van der Waals surface area (Å²) in [6.45, 7) is 4.65. The van der Waals surface area contributed by atoms with Crippen molar-refractivity contribution in [3.05, 3.63) is 95.1 Å². The lowest BCUT2D eigenvalue weighted by Crippen LogP contribution is -2.54. The van der Waals surface area contributed by atoms with Crippen molar-refractivity contribution in [3.63, 3.8) is 0 Å². The lowest BCUT2D eigenvalue weighted by atomic mass is 9.81. The first-order valence-corrected chi connectivity index (χ1v) is 11.9. The van der Waals surface area contributed by atoms with Gasteiger partial charge in [-0.25, -0.2) is 0 Å². The third-order valence-electron chi connectivity index (χ3n) is 7.61. The number of hydrogen-bond donors (Lipinski definition) is 2. The normalized spacial score (nSPS) is 19.6. The zero-order chi connectivity index (χ0) is 21.5. The number of nitrogens with one attached hydrogen (secondary N) is 1. The Morgan fingerprint density at radius 3 is 2.38 bits per heavy atom. The summed E-state index contributed by atoms with van der Waals surface area (Å²) >= 11 is 0. The summed E-state index contributed by atoms with van der Waals surface area (Å²) in [5, 5.41) is 13.6. The van der Waals surface area contributed by atoms with Crippen molar-refractivity contribution >= 4 is 16.8 Å². The number of allylic oxidation sites excluding steroid dienone is 1. The lowest BCUT2D eigenvalue weighted by molar-refractivity contribution is 0.200. The lowest BCUT2D eigenvalue weighted by Gasteiger charge is -2.39. The molecule has 6 rings (SSSR count). The summed E-state index contributed by atoms with van der Waals surface area (Å²) in [4.78, 5) is 2.55. The fourth-order valence-corrected chi connectivity index (χ4v) is 5.79. The zero-order valence-corrected chi connectivity index (χ0v) is 18.5. The molecule has 3 aliphatic rings. The van der Waals surface area contributed by atoms with Crippen LogP contribution in [0.15, 0.2) is 72.8 Å². The Bertz CT molecular complexity index is 1160. The van der Waals surface area contributed by atoms with Crippen LogP contribution in [0.5, 0.6) is 5.75 Å². The maximum atomic E-state index is 10.1. The van der Waals surface area contributed by atoms with Crippen LogP contribution in [-0.4, -0.2) is 31.3 Å². The van der Waals surface area contributed by atoms with Crippen LogP contribution in [0.3, 0.4) is 0 Å². The Kier molecular flexibility index (Phi) is 4.80. The van der Waals surface area contributed by atoms with Gasteiger partial charge in [-0.2, -0.15) is 0 Å². The predicted molar refractivity (Wildman–Crippen MR) is 132 cm³/mol. The second-order valence-corrected chi connectivity index (χ2v) is 9.74. The summed E-state index contributed by atoms with van der Waals surface area (Å²) in [6.07, 6.45) is 4.41. The zero-order valence-electron chi connectivity index (χ0n) is 18.5. The molecular formula is C29H30N2O. The van der Waals surface area contributed by atoms with Crippen LogP contribution >= 0.6 is 0 Å². The second kappa shape index (κ2) is 7.83. The highest BCUT2D eigenvalue weighted by Crippen LogP contribution is 2.42. The number of rotatable bonds is 3. The summed E-state index contributed by atoms with van der Waals surface area (Å²) in [5.41, 5.74) is 9.62. The van der Waals surface area contributed by atoms with Crippen molar-refractivity contribution in [2.45, 2.75) is 25.7 Å². The van der Waals surface area contributed by atoms with Crippen molar-refractivity contribution in [1.82, 2.24) is 5.32 Å². The van der Waals surface area contributed by atoms with Crippen LogP contribution in [0.25, 0.3) is 11.1 Å². The minimum absolute atomic E-state index is 0.357. The molecular weight excluding hydrogens is 392 g/mol. The third-order valence-corrected chi connectivity index (χ3v) is 7.61. The molecule has 2 fully saturated rings. The molecule has 1 spiro atoms. The minimum Gasteiger partial charge on any atom is -0.508 e. The molecule has 2 aliphatic heterocycles. The maximum absolute atomic E-state index is 10.1. The van der Waals surface area contributed by atoms with Crippen LogP contribution < -0.4 is 10.2 Å². The summed E-state index contributed by atoms with van der Waals surface area (Å²) in [5.74, 6) is 0.357. The molecule has 3 heteroatoms. The Morgan fingerprint density at radius 1 is 0.844 bits per heavy atom. The number of fused-ring (bicyclic) bond motifs is 1. The van der Waals surface area contributed by atoms with Crippen LogP contribution in [0.2, 0.25) is 0 Å². The Morgan fingerprint density at radius 2 is 1.66 bits per heavy atom. The fraction of sp³-hybridized carbons (Fsp3) is 0.310.